The molecule has 0 heterocycles. The number of nitrogens with zero attached hydrogens (tertiary/aromatic N) is 2. The third kappa shape index (κ3) is 6.70. The first-order valence-electron chi connectivity index (χ1n) is 11.2. The zero-order chi connectivity index (χ0) is 25.4. The Kier molecular flexibility index (Phi) is 9.06. The fraction of sp³-hybridized carbons (Fsp3) is 0.231. The van der Waals surface area contributed by atoms with E-state index in [1.807, 2.05) is 30.3 Å². The van der Waals surface area contributed by atoms with E-state index in [9.17, 15) is 18.0 Å². The van der Waals surface area contributed by atoms with Crippen LogP contribution in [0.4, 0.5) is 5.69 Å². The Morgan fingerprint density at radius 2 is 1.57 bits per heavy atom. The zero-order valence-corrected chi connectivity index (χ0v) is 22.0. The lowest BCUT2D eigenvalue weighted by Crippen LogP contribution is -2.51. The van der Waals surface area contributed by atoms with Gasteiger partial charge in [-0.05, 0) is 49.7 Å². The second kappa shape index (κ2) is 12.0. The Morgan fingerprint density at radius 1 is 0.943 bits per heavy atom. The van der Waals surface area contributed by atoms with Gasteiger partial charge in [0, 0.05) is 17.6 Å². The molecule has 0 aromatic heterocycles. The lowest BCUT2D eigenvalue weighted by atomic mass is 10.1. The monoisotopic (exact) mass is 557 g/mol. The highest BCUT2D eigenvalue weighted by Crippen LogP contribution is 2.27. The van der Waals surface area contributed by atoms with Crippen LogP contribution < -0.4 is 9.62 Å². The van der Waals surface area contributed by atoms with Crippen LogP contribution in [0.3, 0.4) is 0 Å². The Bertz CT molecular complexity index is 1250. The van der Waals surface area contributed by atoms with Crippen LogP contribution in [0.2, 0.25) is 0 Å². The first kappa shape index (κ1) is 26.4. The summed E-state index contributed by atoms with van der Waals surface area (Å²) in [6.07, 6.45) is 0. The van der Waals surface area contributed by atoms with Gasteiger partial charge >= 0.3 is 0 Å². The zero-order valence-electron chi connectivity index (χ0n) is 19.6. The lowest BCUT2D eigenvalue weighted by molar-refractivity contribution is -0.139. The SMILES string of the molecule is CCNC(=O)[C@H](C)N(Cc1ccccc1)C(=O)CN(c1cccc(Br)c1)S(=O)(=O)c1ccccc1. The van der Waals surface area contributed by atoms with Crippen molar-refractivity contribution in [2.75, 3.05) is 17.4 Å². The van der Waals surface area contributed by atoms with Gasteiger partial charge in [0.2, 0.25) is 11.8 Å². The van der Waals surface area contributed by atoms with Crippen molar-refractivity contribution in [3.63, 3.8) is 0 Å². The highest BCUT2D eigenvalue weighted by Gasteiger charge is 2.32. The molecule has 184 valence electrons. The number of anilines is 1. The van der Waals surface area contributed by atoms with Gasteiger partial charge < -0.3 is 10.2 Å². The average molecular weight is 558 g/mol. The number of rotatable bonds is 10. The van der Waals surface area contributed by atoms with Gasteiger partial charge in [0.1, 0.15) is 12.6 Å². The van der Waals surface area contributed by atoms with Crippen LogP contribution in [0.25, 0.3) is 0 Å². The fourth-order valence-corrected chi connectivity index (χ4v) is 5.38. The van der Waals surface area contributed by atoms with Crippen LogP contribution in [-0.2, 0) is 26.2 Å². The normalized spacial score (nSPS) is 12.0. The maximum atomic E-state index is 13.7. The molecule has 3 rings (SSSR count). The molecule has 0 saturated carbocycles. The summed E-state index contributed by atoms with van der Waals surface area (Å²) < 4.78 is 29.0. The number of benzene rings is 3. The van der Waals surface area contributed by atoms with Crippen molar-refractivity contribution in [3.8, 4) is 0 Å². The van der Waals surface area contributed by atoms with Gasteiger partial charge in [-0.3, -0.25) is 13.9 Å². The quantitative estimate of drug-likeness (QED) is 0.404. The molecule has 1 N–H and O–H groups in total. The molecule has 1 atom stereocenters. The smallest absolute Gasteiger partial charge is 0.264 e. The summed E-state index contributed by atoms with van der Waals surface area (Å²) in [5.74, 6) is -0.802. The van der Waals surface area contributed by atoms with Gasteiger partial charge in [-0.2, -0.15) is 0 Å². The highest BCUT2D eigenvalue weighted by atomic mass is 79.9. The van der Waals surface area contributed by atoms with Crippen molar-refractivity contribution in [1.82, 2.24) is 10.2 Å². The van der Waals surface area contributed by atoms with E-state index in [2.05, 4.69) is 21.2 Å². The molecular weight excluding hydrogens is 530 g/mol. The topological polar surface area (TPSA) is 86.8 Å². The predicted molar refractivity (Wildman–Crippen MR) is 140 cm³/mol. The third-order valence-corrected chi connectivity index (χ3v) is 7.70. The Hall–Kier alpha value is -3.17. The van der Waals surface area contributed by atoms with E-state index in [0.29, 0.717) is 16.7 Å². The molecule has 7 nitrogen and oxygen atoms in total. The minimum absolute atomic E-state index is 0.0687. The summed E-state index contributed by atoms with van der Waals surface area (Å²) >= 11 is 3.38. The average Bonchev–Trinajstić information content (AvgIpc) is 2.86. The van der Waals surface area contributed by atoms with Gasteiger partial charge in [-0.15, -0.1) is 0 Å². The van der Waals surface area contributed by atoms with E-state index < -0.39 is 28.5 Å². The number of hydrogen-bond donors (Lipinski definition) is 1. The Balaban J connectivity index is 2.01. The van der Waals surface area contributed by atoms with E-state index in [0.717, 1.165) is 9.87 Å². The molecule has 3 aromatic carbocycles. The van der Waals surface area contributed by atoms with E-state index in [1.54, 1.807) is 56.3 Å². The number of sulfonamides is 1. The van der Waals surface area contributed by atoms with Crippen LogP contribution >= 0.6 is 15.9 Å². The molecule has 2 amide bonds. The number of hydrogen-bond acceptors (Lipinski definition) is 4. The third-order valence-electron chi connectivity index (χ3n) is 5.42. The summed E-state index contributed by atoms with van der Waals surface area (Å²) in [6, 6.07) is 23.2. The molecule has 0 aliphatic rings. The van der Waals surface area contributed by atoms with Crippen molar-refractivity contribution >= 4 is 43.5 Å². The molecule has 0 spiro atoms. The van der Waals surface area contributed by atoms with Crippen LogP contribution in [0.15, 0.2) is 94.3 Å². The van der Waals surface area contributed by atoms with Crippen molar-refractivity contribution in [2.24, 2.45) is 0 Å². The van der Waals surface area contributed by atoms with Crippen molar-refractivity contribution in [3.05, 3.63) is 95.0 Å². The molecule has 9 heteroatoms. The molecule has 0 bridgehead atoms. The van der Waals surface area contributed by atoms with Gasteiger partial charge in [0.05, 0.1) is 10.6 Å². The van der Waals surface area contributed by atoms with E-state index in [-0.39, 0.29) is 17.3 Å². The number of nitrogens with one attached hydrogen (secondary N) is 1. The molecule has 0 aliphatic heterocycles. The maximum absolute atomic E-state index is 13.7. The summed E-state index contributed by atoms with van der Waals surface area (Å²) in [4.78, 5) is 27.8. The van der Waals surface area contributed by atoms with E-state index in [1.165, 1.54) is 17.0 Å². The Labute approximate surface area is 214 Å². The van der Waals surface area contributed by atoms with Crippen molar-refractivity contribution in [1.29, 1.82) is 0 Å². The molecule has 0 aliphatic carbocycles. The molecule has 0 fully saturated rings. The standard InChI is InChI=1S/C26H28BrN3O4S/c1-3-28-26(32)20(2)29(18-21-11-6-4-7-12-21)25(31)19-30(23-14-10-13-22(27)17-23)35(33,34)24-15-8-5-9-16-24/h4-17,20H,3,18-19H2,1-2H3,(H,28,32)/t20-/m0/s1. The molecule has 35 heavy (non-hydrogen) atoms. The summed E-state index contributed by atoms with van der Waals surface area (Å²) in [5.41, 5.74) is 1.17. The summed E-state index contributed by atoms with van der Waals surface area (Å²) in [5, 5.41) is 2.74. The second-order valence-corrected chi connectivity index (χ2v) is 10.7. The summed E-state index contributed by atoms with van der Waals surface area (Å²) in [7, 11) is -4.06. The van der Waals surface area contributed by atoms with E-state index in [4.69, 9.17) is 0 Å². The van der Waals surface area contributed by atoms with Crippen molar-refractivity contribution in [2.45, 2.75) is 31.3 Å². The lowest BCUT2D eigenvalue weighted by Gasteiger charge is -2.32. The molecule has 0 radical (unpaired) electrons. The van der Waals surface area contributed by atoms with E-state index >= 15 is 0 Å². The minimum Gasteiger partial charge on any atom is -0.355 e. The van der Waals surface area contributed by atoms with Gasteiger partial charge in [0.15, 0.2) is 0 Å². The van der Waals surface area contributed by atoms with Gasteiger partial charge in [-0.1, -0.05) is 70.5 Å². The fourth-order valence-electron chi connectivity index (χ4n) is 3.56. The number of amides is 2. The summed E-state index contributed by atoms with van der Waals surface area (Å²) in [6.45, 7) is 3.55. The largest absolute Gasteiger partial charge is 0.355 e. The molecular formula is C26H28BrN3O4S. The number of likely N-dealkylation sites (N-methyl/N-ethyl adjacent to an activating group) is 1. The number of halogens is 1. The first-order valence-corrected chi connectivity index (χ1v) is 13.4. The van der Waals surface area contributed by atoms with Gasteiger partial charge in [-0.25, -0.2) is 8.42 Å². The number of carbonyl (C=O) groups excluding carboxylic acids is 2. The van der Waals surface area contributed by atoms with Crippen LogP contribution in [0, 0.1) is 0 Å². The van der Waals surface area contributed by atoms with Crippen LogP contribution in [0.5, 0.6) is 0 Å². The Morgan fingerprint density at radius 3 is 2.17 bits per heavy atom. The van der Waals surface area contributed by atoms with Crippen molar-refractivity contribution < 1.29 is 18.0 Å². The maximum Gasteiger partial charge on any atom is 0.264 e. The number of carbonyl (C=O) groups is 2. The van der Waals surface area contributed by atoms with Crippen LogP contribution in [-0.4, -0.2) is 44.3 Å². The highest BCUT2D eigenvalue weighted by molar-refractivity contribution is 9.10. The molecule has 0 unspecified atom stereocenters. The van der Waals surface area contributed by atoms with Gasteiger partial charge in [0.25, 0.3) is 10.0 Å². The first-order chi connectivity index (χ1) is 16.7. The second-order valence-electron chi connectivity index (χ2n) is 7.88. The van der Waals surface area contributed by atoms with Crippen LogP contribution in [0.1, 0.15) is 19.4 Å². The predicted octanol–water partition coefficient (Wildman–Crippen LogP) is 4.20. The molecule has 3 aromatic rings. The minimum atomic E-state index is -4.06. The molecule has 0 saturated heterocycles.